The number of piperidine rings is 1. The number of nitrogens with zero attached hydrogens (tertiary/aromatic N) is 1. The summed E-state index contributed by atoms with van der Waals surface area (Å²) in [5.41, 5.74) is 2.27. The van der Waals surface area contributed by atoms with Crippen LogP contribution in [-0.2, 0) is 19.7 Å². The van der Waals surface area contributed by atoms with Crippen LogP contribution in [0.3, 0.4) is 0 Å². The third-order valence-corrected chi connectivity index (χ3v) is 6.15. The molecule has 1 aliphatic rings. The van der Waals surface area contributed by atoms with Gasteiger partial charge >= 0.3 is 0 Å². The molecule has 1 aromatic carbocycles. The molecule has 0 aliphatic carbocycles. The van der Waals surface area contributed by atoms with E-state index in [1.807, 2.05) is 0 Å². The smallest absolute Gasteiger partial charge is 0.246 e. The van der Waals surface area contributed by atoms with Gasteiger partial charge < -0.3 is 0 Å². The summed E-state index contributed by atoms with van der Waals surface area (Å²) in [6, 6.07) is 4.32. The molecular formula is C13H16Cl2N2O4S. The lowest BCUT2D eigenvalue weighted by Crippen LogP contribution is -2.42. The number of carbonyl (C=O) groups excluding carboxylic acids is 1. The number of sulfonamides is 1. The first-order valence-corrected chi connectivity index (χ1v) is 8.84. The van der Waals surface area contributed by atoms with Gasteiger partial charge in [0.1, 0.15) is 4.90 Å². The number of halogens is 2. The molecule has 1 saturated heterocycles. The van der Waals surface area contributed by atoms with E-state index in [4.69, 9.17) is 23.2 Å². The van der Waals surface area contributed by atoms with E-state index in [1.165, 1.54) is 29.6 Å². The zero-order valence-corrected chi connectivity index (χ0v) is 14.2. The molecule has 0 radical (unpaired) electrons. The van der Waals surface area contributed by atoms with Gasteiger partial charge in [-0.25, -0.2) is 13.9 Å². The average molecular weight is 367 g/mol. The molecule has 0 saturated carbocycles. The zero-order valence-electron chi connectivity index (χ0n) is 11.9. The number of amides is 1. The zero-order chi connectivity index (χ0) is 16.3. The Morgan fingerprint density at radius 1 is 1.32 bits per heavy atom. The SMILES string of the molecule is CONC(=O)C1CCN(S(=O)(=O)c2cc(Cl)ccc2Cl)CC1. The van der Waals surface area contributed by atoms with Crippen molar-refractivity contribution < 1.29 is 18.0 Å². The number of rotatable bonds is 4. The molecular weight excluding hydrogens is 351 g/mol. The number of hydrogen-bond donors (Lipinski definition) is 1. The van der Waals surface area contributed by atoms with Crippen molar-refractivity contribution in [3.05, 3.63) is 28.2 Å². The van der Waals surface area contributed by atoms with Crippen LogP contribution in [0.1, 0.15) is 12.8 Å². The van der Waals surface area contributed by atoms with Crippen LogP contribution < -0.4 is 5.48 Å². The Hall–Kier alpha value is -0.860. The van der Waals surface area contributed by atoms with E-state index in [1.54, 1.807) is 0 Å². The molecule has 6 nitrogen and oxygen atoms in total. The first-order chi connectivity index (χ1) is 10.4. The highest BCUT2D eigenvalue weighted by molar-refractivity contribution is 7.89. The fourth-order valence-corrected chi connectivity index (χ4v) is 4.56. The van der Waals surface area contributed by atoms with E-state index in [9.17, 15) is 13.2 Å². The van der Waals surface area contributed by atoms with Crippen LogP contribution in [0.15, 0.2) is 23.1 Å². The van der Waals surface area contributed by atoms with Gasteiger partial charge in [-0.2, -0.15) is 4.31 Å². The summed E-state index contributed by atoms with van der Waals surface area (Å²) in [5, 5.41) is 0.431. The minimum Gasteiger partial charge on any atom is -0.277 e. The molecule has 1 fully saturated rings. The van der Waals surface area contributed by atoms with Gasteiger partial charge in [0, 0.05) is 24.0 Å². The second kappa shape index (κ2) is 7.14. The lowest BCUT2D eigenvalue weighted by atomic mass is 9.98. The number of benzene rings is 1. The van der Waals surface area contributed by atoms with Crippen LogP contribution in [0.4, 0.5) is 0 Å². The number of carbonyl (C=O) groups is 1. The van der Waals surface area contributed by atoms with E-state index < -0.39 is 10.0 Å². The van der Waals surface area contributed by atoms with Crippen LogP contribution in [0.25, 0.3) is 0 Å². The maximum Gasteiger partial charge on any atom is 0.246 e. The Morgan fingerprint density at radius 3 is 2.55 bits per heavy atom. The second-order valence-electron chi connectivity index (χ2n) is 4.92. The maximum atomic E-state index is 12.6. The van der Waals surface area contributed by atoms with Crippen LogP contribution in [0.5, 0.6) is 0 Å². The fraction of sp³-hybridized carbons (Fsp3) is 0.462. The van der Waals surface area contributed by atoms with E-state index in [-0.39, 0.29) is 34.8 Å². The van der Waals surface area contributed by atoms with E-state index in [0.717, 1.165) is 0 Å². The molecule has 0 bridgehead atoms. The summed E-state index contributed by atoms with van der Waals surface area (Å²) >= 11 is 11.8. The maximum absolute atomic E-state index is 12.6. The predicted molar refractivity (Wildman–Crippen MR) is 83.1 cm³/mol. The minimum atomic E-state index is -3.72. The lowest BCUT2D eigenvalue weighted by Gasteiger charge is -2.30. The summed E-state index contributed by atoms with van der Waals surface area (Å²) in [6.45, 7) is 0.486. The average Bonchev–Trinajstić information content (AvgIpc) is 2.50. The third-order valence-electron chi connectivity index (χ3n) is 3.54. The molecule has 0 atom stereocenters. The molecule has 1 N–H and O–H groups in total. The van der Waals surface area contributed by atoms with Crippen molar-refractivity contribution in [3.8, 4) is 0 Å². The summed E-state index contributed by atoms with van der Waals surface area (Å²) in [4.78, 5) is 16.3. The Labute approximate surface area is 139 Å². The van der Waals surface area contributed by atoms with Gasteiger partial charge in [0.25, 0.3) is 0 Å². The Kier molecular flexibility index (Phi) is 5.68. The van der Waals surface area contributed by atoms with Crippen LogP contribution in [-0.4, -0.2) is 38.8 Å². The number of nitrogens with one attached hydrogen (secondary N) is 1. The molecule has 1 amide bonds. The Balaban J connectivity index is 2.13. The monoisotopic (exact) mass is 366 g/mol. The molecule has 1 aromatic rings. The quantitative estimate of drug-likeness (QED) is 0.827. The van der Waals surface area contributed by atoms with Crippen molar-refractivity contribution in [2.24, 2.45) is 5.92 Å². The highest BCUT2D eigenvalue weighted by Crippen LogP contribution is 2.30. The van der Waals surface area contributed by atoms with E-state index in [2.05, 4.69) is 10.3 Å². The molecule has 122 valence electrons. The largest absolute Gasteiger partial charge is 0.277 e. The first kappa shape index (κ1) is 17.5. The summed E-state index contributed by atoms with van der Waals surface area (Å²) in [7, 11) is -2.36. The van der Waals surface area contributed by atoms with Crippen LogP contribution >= 0.6 is 23.2 Å². The predicted octanol–water partition coefficient (Wildman–Crippen LogP) is 2.07. The first-order valence-electron chi connectivity index (χ1n) is 6.64. The van der Waals surface area contributed by atoms with Gasteiger partial charge in [0.15, 0.2) is 0 Å². The molecule has 1 heterocycles. The Morgan fingerprint density at radius 2 is 1.95 bits per heavy atom. The second-order valence-corrected chi connectivity index (χ2v) is 7.67. The molecule has 1 aliphatic heterocycles. The van der Waals surface area contributed by atoms with Crippen molar-refractivity contribution in [1.82, 2.24) is 9.79 Å². The fourth-order valence-electron chi connectivity index (χ4n) is 2.36. The topological polar surface area (TPSA) is 75.7 Å². The molecule has 22 heavy (non-hydrogen) atoms. The van der Waals surface area contributed by atoms with Crippen molar-refractivity contribution in [3.63, 3.8) is 0 Å². The third kappa shape index (κ3) is 3.72. The van der Waals surface area contributed by atoms with E-state index in [0.29, 0.717) is 17.9 Å². The highest BCUT2D eigenvalue weighted by Gasteiger charge is 2.33. The molecule has 2 rings (SSSR count). The van der Waals surface area contributed by atoms with E-state index >= 15 is 0 Å². The summed E-state index contributed by atoms with van der Waals surface area (Å²) < 4.78 is 26.6. The normalized spacial score (nSPS) is 17.4. The van der Waals surface area contributed by atoms with Crippen molar-refractivity contribution in [2.45, 2.75) is 17.7 Å². The van der Waals surface area contributed by atoms with Gasteiger partial charge in [0.05, 0.1) is 12.1 Å². The van der Waals surface area contributed by atoms with Crippen molar-refractivity contribution in [1.29, 1.82) is 0 Å². The van der Waals surface area contributed by atoms with Gasteiger partial charge in [-0.1, -0.05) is 23.2 Å². The van der Waals surface area contributed by atoms with Gasteiger partial charge in [-0.15, -0.1) is 0 Å². The van der Waals surface area contributed by atoms with Gasteiger partial charge in [-0.05, 0) is 31.0 Å². The Bertz CT molecular complexity index is 658. The standard InChI is InChI=1S/C13H16Cl2N2O4S/c1-21-16-13(18)9-4-6-17(7-5-9)22(19,20)12-8-10(14)2-3-11(12)15/h2-3,8-9H,4-7H2,1H3,(H,16,18). The summed E-state index contributed by atoms with van der Waals surface area (Å²) in [6.07, 6.45) is 0.846. The lowest BCUT2D eigenvalue weighted by molar-refractivity contribution is -0.136. The molecule has 0 unspecified atom stereocenters. The van der Waals surface area contributed by atoms with Crippen LogP contribution in [0, 0.1) is 5.92 Å². The number of hydrogen-bond acceptors (Lipinski definition) is 4. The van der Waals surface area contributed by atoms with Crippen molar-refractivity contribution >= 4 is 39.1 Å². The van der Waals surface area contributed by atoms with Gasteiger partial charge in [-0.3, -0.25) is 9.63 Å². The van der Waals surface area contributed by atoms with Crippen LogP contribution in [0.2, 0.25) is 10.0 Å². The van der Waals surface area contributed by atoms with Gasteiger partial charge in [0.2, 0.25) is 15.9 Å². The molecule has 9 heteroatoms. The van der Waals surface area contributed by atoms with Crippen molar-refractivity contribution in [2.75, 3.05) is 20.2 Å². The molecule has 0 spiro atoms. The highest BCUT2D eigenvalue weighted by atomic mass is 35.5. The summed E-state index contributed by atoms with van der Waals surface area (Å²) in [5.74, 6) is -0.499. The number of hydroxylamine groups is 1. The molecule has 0 aromatic heterocycles. The minimum absolute atomic E-state index is 0.0125.